The lowest BCUT2D eigenvalue weighted by atomic mass is 9.83. The van der Waals surface area contributed by atoms with Crippen LogP contribution < -0.4 is 4.90 Å². The van der Waals surface area contributed by atoms with Crippen molar-refractivity contribution in [2.24, 2.45) is 11.3 Å². The van der Waals surface area contributed by atoms with Gasteiger partial charge < -0.3 is 4.90 Å². The summed E-state index contributed by atoms with van der Waals surface area (Å²) in [5, 5.41) is 14.0. The number of hydrogen-bond donors (Lipinski definition) is 0. The third kappa shape index (κ3) is 2.05. The second-order valence-corrected chi connectivity index (χ2v) is 6.91. The van der Waals surface area contributed by atoms with Crippen molar-refractivity contribution in [3.8, 4) is 17.5 Å². The van der Waals surface area contributed by atoms with Crippen molar-refractivity contribution in [1.29, 1.82) is 5.26 Å². The summed E-state index contributed by atoms with van der Waals surface area (Å²) in [4.78, 5) is 23.4. The topological polar surface area (TPSA) is 87.2 Å². The highest BCUT2D eigenvalue weighted by Crippen LogP contribution is 2.52. The van der Waals surface area contributed by atoms with Crippen molar-refractivity contribution in [1.82, 2.24) is 19.6 Å². The average molecular weight is 344 g/mol. The molecule has 1 amide bonds. The van der Waals surface area contributed by atoms with Crippen LogP contribution in [0.1, 0.15) is 19.3 Å². The highest BCUT2D eigenvalue weighted by atomic mass is 16.2. The molecule has 0 bridgehead atoms. The third-order valence-electron chi connectivity index (χ3n) is 5.43. The molecule has 0 spiro atoms. The lowest BCUT2D eigenvalue weighted by Crippen LogP contribution is -2.35. The summed E-state index contributed by atoms with van der Waals surface area (Å²) in [5.41, 5.74) is 1.59. The van der Waals surface area contributed by atoms with Gasteiger partial charge in [0.05, 0.1) is 17.3 Å². The first kappa shape index (κ1) is 15.0. The fraction of sp³-hybridized carbons (Fsp3) is 0.316. The van der Waals surface area contributed by atoms with Gasteiger partial charge in [0.15, 0.2) is 5.82 Å². The minimum absolute atomic E-state index is 0.0747. The Bertz CT molecular complexity index is 1050. The Labute approximate surface area is 149 Å². The molecule has 128 valence electrons. The van der Waals surface area contributed by atoms with Crippen LogP contribution in [-0.4, -0.2) is 32.0 Å². The van der Waals surface area contributed by atoms with Crippen LogP contribution in [0.15, 0.2) is 43.0 Å². The Balaban J connectivity index is 1.59. The zero-order chi connectivity index (χ0) is 17.7. The number of hydrogen-bond acceptors (Lipinski definition) is 5. The minimum atomic E-state index is -0.849. The average Bonchev–Trinajstić information content (AvgIpc) is 3.35. The minimum Gasteiger partial charge on any atom is -0.309 e. The Morgan fingerprint density at radius 3 is 2.77 bits per heavy atom. The molecule has 3 aromatic heterocycles. The molecule has 1 aliphatic heterocycles. The first-order valence-electron chi connectivity index (χ1n) is 8.71. The van der Waals surface area contributed by atoms with E-state index in [1.54, 1.807) is 34.1 Å². The molecule has 1 aliphatic carbocycles. The zero-order valence-electron chi connectivity index (χ0n) is 14.0. The molecule has 0 N–H and O–H groups in total. The lowest BCUT2D eigenvalue weighted by molar-refractivity contribution is -0.123. The molecule has 3 aromatic rings. The number of rotatable bonds is 3. The Kier molecular flexibility index (Phi) is 3.10. The van der Waals surface area contributed by atoms with Gasteiger partial charge >= 0.3 is 0 Å². The number of fused-ring (bicyclic) bond motifs is 1. The van der Waals surface area contributed by atoms with E-state index in [0.29, 0.717) is 18.8 Å². The molecule has 5 rings (SSSR count). The quantitative estimate of drug-likeness (QED) is 0.728. The first-order valence-corrected chi connectivity index (χ1v) is 8.71. The Morgan fingerprint density at radius 1 is 1.23 bits per heavy atom. The maximum absolute atomic E-state index is 13.1. The van der Waals surface area contributed by atoms with E-state index in [9.17, 15) is 10.1 Å². The number of carbonyl (C=O) groups is 1. The summed E-state index contributed by atoms with van der Waals surface area (Å²) >= 11 is 0. The molecule has 0 radical (unpaired) electrons. The molecule has 7 nitrogen and oxygen atoms in total. The fourth-order valence-corrected chi connectivity index (χ4v) is 3.92. The van der Waals surface area contributed by atoms with Crippen LogP contribution in [0.4, 0.5) is 5.69 Å². The largest absolute Gasteiger partial charge is 0.309 e. The van der Waals surface area contributed by atoms with Gasteiger partial charge in [-0.05, 0) is 43.4 Å². The van der Waals surface area contributed by atoms with Crippen molar-refractivity contribution in [2.75, 3.05) is 11.4 Å². The summed E-state index contributed by atoms with van der Waals surface area (Å²) in [7, 11) is 0. The second-order valence-electron chi connectivity index (χ2n) is 6.91. The number of aromatic nitrogens is 4. The normalized spacial score (nSPS) is 22.7. The van der Waals surface area contributed by atoms with Gasteiger partial charge in [0.25, 0.3) is 0 Å². The third-order valence-corrected chi connectivity index (χ3v) is 5.43. The SMILES string of the molecule is N#C[C@@]1(C2CC2)CCN(c2ccnn3cc(-c4ncccn4)cc23)C1=O. The number of nitriles is 1. The molecule has 0 aromatic carbocycles. The highest BCUT2D eigenvalue weighted by molar-refractivity contribution is 6.05. The fourth-order valence-electron chi connectivity index (χ4n) is 3.92. The molecule has 26 heavy (non-hydrogen) atoms. The maximum Gasteiger partial charge on any atom is 0.247 e. The number of anilines is 1. The van der Waals surface area contributed by atoms with Crippen LogP contribution in [0.5, 0.6) is 0 Å². The predicted molar refractivity (Wildman–Crippen MR) is 94.0 cm³/mol. The van der Waals surface area contributed by atoms with Gasteiger partial charge in [-0.15, -0.1) is 0 Å². The van der Waals surface area contributed by atoms with Crippen molar-refractivity contribution in [3.05, 3.63) is 43.0 Å². The molecule has 2 aliphatic rings. The highest BCUT2D eigenvalue weighted by Gasteiger charge is 2.56. The summed E-state index contributed by atoms with van der Waals surface area (Å²) in [6.45, 7) is 0.560. The van der Waals surface area contributed by atoms with Crippen molar-refractivity contribution < 1.29 is 4.79 Å². The molecule has 0 unspecified atom stereocenters. The smallest absolute Gasteiger partial charge is 0.247 e. The van der Waals surface area contributed by atoms with Crippen LogP contribution in [0, 0.1) is 22.7 Å². The van der Waals surface area contributed by atoms with Crippen LogP contribution in [-0.2, 0) is 4.79 Å². The number of amides is 1. The molecule has 2 fully saturated rings. The van der Waals surface area contributed by atoms with Gasteiger partial charge in [0, 0.05) is 36.9 Å². The van der Waals surface area contributed by atoms with Gasteiger partial charge in [-0.25, -0.2) is 14.5 Å². The second kappa shape index (κ2) is 5.36. The van der Waals surface area contributed by atoms with E-state index in [1.807, 2.05) is 18.3 Å². The molecule has 7 heteroatoms. The van der Waals surface area contributed by atoms with E-state index in [2.05, 4.69) is 21.1 Å². The standard InChI is InChI=1S/C19H16N6O/c20-12-19(14-2-3-14)5-9-24(18(19)26)15-4-8-23-25-11-13(10-16(15)25)17-21-6-1-7-22-17/h1,4,6-8,10-11,14H,2-3,5,9H2/t19-/m1/s1. The first-order chi connectivity index (χ1) is 12.7. The van der Waals surface area contributed by atoms with Crippen LogP contribution in [0.2, 0.25) is 0 Å². The predicted octanol–water partition coefficient (Wildman–Crippen LogP) is 2.45. The molecule has 1 saturated heterocycles. The summed E-state index contributed by atoms with van der Waals surface area (Å²) in [6.07, 6.45) is 9.46. The molecular weight excluding hydrogens is 328 g/mol. The van der Waals surface area contributed by atoms with E-state index in [1.165, 1.54) is 0 Å². The number of nitrogens with zero attached hydrogens (tertiary/aromatic N) is 6. The van der Waals surface area contributed by atoms with E-state index < -0.39 is 5.41 Å². The molecule has 1 saturated carbocycles. The monoisotopic (exact) mass is 344 g/mol. The molecular formula is C19H16N6O. The van der Waals surface area contributed by atoms with E-state index >= 15 is 0 Å². The van der Waals surface area contributed by atoms with Gasteiger partial charge in [-0.2, -0.15) is 10.4 Å². The zero-order valence-corrected chi connectivity index (χ0v) is 14.0. The molecule has 4 heterocycles. The maximum atomic E-state index is 13.1. The van der Waals surface area contributed by atoms with Crippen molar-refractivity contribution in [2.45, 2.75) is 19.3 Å². The van der Waals surface area contributed by atoms with E-state index in [4.69, 9.17) is 0 Å². The van der Waals surface area contributed by atoms with Crippen LogP contribution in [0.3, 0.4) is 0 Å². The summed E-state index contributed by atoms with van der Waals surface area (Å²) in [5.74, 6) is 0.748. The van der Waals surface area contributed by atoms with E-state index in [0.717, 1.165) is 29.6 Å². The van der Waals surface area contributed by atoms with Gasteiger partial charge in [-0.1, -0.05) is 0 Å². The van der Waals surface area contributed by atoms with Crippen LogP contribution in [0.25, 0.3) is 16.9 Å². The Hall–Kier alpha value is -3.27. The van der Waals surface area contributed by atoms with Gasteiger partial charge in [0.2, 0.25) is 5.91 Å². The molecule has 1 atom stereocenters. The van der Waals surface area contributed by atoms with Crippen molar-refractivity contribution in [3.63, 3.8) is 0 Å². The van der Waals surface area contributed by atoms with Gasteiger partial charge in [0.1, 0.15) is 5.41 Å². The Morgan fingerprint density at radius 2 is 2.04 bits per heavy atom. The summed E-state index contributed by atoms with van der Waals surface area (Å²) < 4.78 is 1.73. The lowest BCUT2D eigenvalue weighted by Gasteiger charge is -2.21. The summed E-state index contributed by atoms with van der Waals surface area (Å²) in [6, 6.07) is 7.88. The van der Waals surface area contributed by atoms with Gasteiger partial charge in [-0.3, -0.25) is 4.79 Å². The van der Waals surface area contributed by atoms with Crippen molar-refractivity contribution >= 4 is 17.1 Å². The van der Waals surface area contributed by atoms with Crippen LogP contribution >= 0.6 is 0 Å². The van der Waals surface area contributed by atoms with E-state index in [-0.39, 0.29) is 11.8 Å². The number of carbonyl (C=O) groups excluding carboxylic acids is 1.